The molecule has 36 heavy (non-hydrogen) atoms. The lowest BCUT2D eigenvalue weighted by atomic mass is 10.0. The molecule has 0 saturated carbocycles. The molecule has 0 radical (unpaired) electrons. The number of imidazole rings is 1. The van der Waals surface area contributed by atoms with Crippen LogP contribution in [0.2, 0.25) is 0 Å². The number of carbonyl (C=O) groups excluding carboxylic acids is 3. The first kappa shape index (κ1) is 27.2. The van der Waals surface area contributed by atoms with Gasteiger partial charge in [-0.3, -0.25) is 14.4 Å². The van der Waals surface area contributed by atoms with Crippen LogP contribution in [-0.2, 0) is 16.1 Å². The minimum absolute atomic E-state index is 0.0119. The molecule has 0 aliphatic carbocycles. The van der Waals surface area contributed by atoms with Crippen molar-refractivity contribution in [2.45, 2.75) is 58.0 Å². The first-order valence-electron chi connectivity index (χ1n) is 12.7. The van der Waals surface area contributed by atoms with Crippen molar-refractivity contribution in [3.8, 4) is 5.75 Å². The van der Waals surface area contributed by atoms with Crippen molar-refractivity contribution in [2.24, 2.45) is 0 Å². The molecule has 2 aromatic rings. The molecule has 0 bridgehead atoms. The van der Waals surface area contributed by atoms with E-state index in [1.54, 1.807) is 47.3 Å². The third kappa shape index (κ3) is 7.08. The maximum atomic E-state index is 13.4. The summed E-state index contributed by atoms with van der Waals surface area (Å²) in [4.78, 5) is 48.5. The average Bonchev–Trinajstić information content (AvgIpc) is 3.28. The summed E-state index contributed by atoms with van der Waals surface area (Å²) in [6.07, 6.45) is 8.16. The number of fused-ring (bicyclic) bond motifs is 1. The molecule has 9 heteroatoms. The van der Waals surface area contributed by atoms with Gasteiger partial charge in [0.15, 0.2) is 0 Å². The lowest BCUT2D eigenvalue weighted by Crippen LogP contribution is -2.48. The van der Waals surface area contributed by atoms with Gasteiger partial charge in [0.05, 0.1) is 12.2 Å². The van der Waals surface area contributed by atoms with Crippen LogP contribution in [0.5, 0.6) is 5.75 Å². The van der Waals surface area contributed by atoms with Gasteiger partial charge in [-0.2, -0.15) is 0 Å². The molecule has 3 amide bonds. The smallest absolute Gasteiger partial charge is 0.258 e. The van der Waals surface area contributed by atoms with Gasteiger partial charge in [0.25, 0.3) is 5.91 Å². The highest BCUT2D eigenvalue weighted by Crippen LogP contribution is 2.23. The third-order valence-corrected chi connectivity index (χ3v) is 6.84. The summed E-state index contributed by atoms with van der Waals surface area (Å²) < 4.78 is 7.73. The Morgan fingerprint density at radius 1 is 1.14 bits per heavy atom. The first-order valence-corrected chi connectivity index (χ1v) is 12.7. The SMILES string of the molecule is Cc1nccn1CC(=O)N(C)CCCC[C@H]1C(=O)N(C)CCCCCOc2ccccc2C(=O)N1C. The summed E-state index contributed by atoms with van der Waals surface area (Å²) in [5.74, 6) is 1.10. The summed E-state index contributed by atoms with van der Waals surface area (Å²) in [5, 5.41) is 0. The van der Waals surface area contributed by atoms with Crippen LogP contribution >= 0.6 is 0 Å². The number of carbonyl (C=O) groups is 3. The lowest BCUT2D eigenvalue weighted by molar-refractivity contribution is -0.135. The van der Waals surface area contributed by atoms with E-state index < -0.39 is 6.04 Å². The quantitative estimate of drug-likeness (QED) is 0.549. The molecule has 1 aromatic heterocycles. The Labute approximate surface area is 214 Å². The number of aromatic nitrogens is 2. The van der Waals surface area contributed by atoms with Gasteiger partial charge in [0, 0.05) is 46.6 Å². The van der Waals surface area contributed by atoms with E-state index in [-0.39, 0.29) is 24.3 Å². The van der Waals surface area contributed by atoms with E-state index in [2.05, 4.69) is 4.98 Å². The first-order chi connectivity index (χ1) is 17.3. The van der Waals surface area contributed by atoms with E-state index in [1.807, 2.05) is 36.7 Å². The fourth-order valence-corrected chi connectivity index (χ4v) is 4.41. The Bertz CT molecular complexity index is 1040. The second kappa shape index (κ2) is 13.1. The molecule has 1 aliphatic heterocycles. The number of hydrogen-bond donors (Lipinski definition) is 0. The highest BCUT2D eigenvalue weighted by molar-refractivity contribution is 5.99. The molecular formula is C27H39N5O4. The van der Waals surface area contributed by atoms with Crippen LogP contribution in [0.3, 0.4) is 0 Å². The minimum atomic E-state index is -0.578. The van der Waals surface area contributed by atoms with Crippen molar-refractivity contribution < 1.29 is 19.1 Å². The molecule has 1 aromatic carbocycles. The second-order valence-electron chi connectivity index (χ2n) is 9.51. The van der Waals surface area contributed by atoms with Gasteiger partial charge in [0.2, 0.25) is 11.8 Å². The second-order valence-corrected chi connectivity index (χ2v) is 9.51. The third-order valence-electron chi connectivity index (χ3n) is 6.84. The van der Waals surface area contributed by atoms with Crippen LogP contribution in [0.4, 0.5) is 0 Å². The largest absolute Gasteiger partial charge is 0.493 e. The monoisotopic (exact) mass is 497 g/mol. The van der Waals surface area contributed by atoms with Crippen LogP contribution < -0.4 is 4.74 Å². The van der Waals surface area contributed by atoms with Crippen molar-refractivity contribution in [3.63, 3.8) is 0 Å². The number of rotatable bonds is 7. The molecule has 196 valence electrons. The number of aryl methyl sites for hydroxylation is 1. The molecule has 1 atom stereocenters. The number of para-hydroxylation sites is 1. The lowest BCUT2D eigenvalue weighted by Gasteiger charge is -2.31. The maximum Gasteiger partial charge on any atom is 0.258 e. The van der Waals surface area contributed by atoms with E-state index in [9.17, 15) is 14.4 Å². The Morgan fingerprint density at radius 2 is 1.92 bits per heavy atom. The number of likely N-dealkylation sites (N-methyl/N-ethyl adjacent to an activating group) is 3. The Balaban J connectivity index is 1.64. The summed E-state index contributed by atoms with van der Waals surface area (Å²) in [6, 6.07) is 6.65. The minimum Gasteiger partial charge on any atom is -0.493 e. The van der Waals surface area contributed by atoms with Gasteiger partial charge in [-0.1, -0.05) is 12.1 Å². The van der Waals surface area contributed by atoms with Crippen molar-refractivity contribution in [1.29, 1.82) is 0 Å². The van der Waals surface area contributed by atoms with Gasteiger partial charge < -0.3 is 24.0 Å². The fraction of sp³-hybridized carbons (Fsp3) is 0.556. The summed E-state index contributed by atoms with van der Waals surface area (Å²) in [7, 11) is 5.29. The molecular weight excluding hydrogens is 458 g/mol. The van der Waals surface area contributed by atoms with Crippen LogP contribution in [0, 0.1) is 6.92 Å². The van der Waals surface area contributed by atoms with E-state index in [4.69, 9.17) is 4.74 Å². The highest BCUT2D eigenvalue weighted by atomic mass is 16.5. The van der Waals surface area contributed by atoms with Crippen molar-refractivity contribution in [1.82, 2.24) is 24.3 Å². The number of hydrogen-bond acceptors (Lipinski definition) is 5. The van der Waals surface area contributed by atoms with Gasteiger partial charge in [0.1, 0.15) is 24.2 Å². The molecule has 0 unspecified atom stereocenters. The average molecular weight is 498 g/mol. The molecule has 0 saturated heterocycles. The van der Waals surface area contributed by atoms with Gasteiger partial charge in [-0.05, 0) is 57.6 Å². The zero-order valence-corrected chi connectivity index (χ0v) is 22.0. The Morgan fingerprint density at radius 3 is 2.67 bits per heavy atom. The summed E-state index contributed by atoms with van der Waals surface area (Å²) in [5.41, 5.74) is 0.472. The number of nitrogens with zero attached hydrogens (tertiary/aromatic N) is 5. The molecule has 0 fully saturated rings. The molecule has 0 spiro atoms. The normalized spacial score (nSPS) is 17.5. The van der Waals surface area contributed by atoms with Crippen molar-refractivity contribution in [2.75, 3.05) is 40.8 Å². The fourth-order valence-electron chi connectivity index (χ4n) is 4.41. The van der Waals surface area contributed by atoms with Crippen LogP contribution in [0.15, 0.2) is 36.7 Å². The zero-order chi connectivity index (χ0) is 26.1. The number of benzene rings is 1. The Kier molecular flexibility index (Phi) is 9.90. The van der Waals surface area contributed by atoms with E-state index in [1.165, 1.54) is 0 Å². The number of ether oxygens (including phenoxy) is 1. The van der Waals surface area contributed by atoms with E-state index >= 15 is 0 Å². The maximum absolute atomic E-state index is 13.4. The highest BCUT2D eigenvalue weighted by Gasteiger charge is 2.31. The number of amides is 3. The summed E-state index contributed by atoms with van der Waals surface area (Å²) >= 11 is 0. The van der Waals surface area contributed by atoms with Crippen LogP contribution in [-0.4, -0.2) is 88.9 Å². The van der Waals surface area contributed by atoms with Gasteiger partial charge in [-0.25, -0.2) is 4.98 Å². The van der Waals surface area contributed by atoms with Gasteiger partial charge >= 0.3 is 0 Å². The molecule has 3 rings (SSSR count). The molecule has 0 N–H and O–H groups in total. The predicted molar refractivity (Wildman–Crippen MR) is 138 cm³/mol. The Hall–Kier alpha value is -3.36. The number of unbranched alkanes of at least 4 members (excludes halogenated alkanes) is 1. The van der Waals surface area contributed by atoms with Crippen LogP contribution in [0.1, 0.15) is 54.7 Å². The van der Waals surface area contributed by atoms with E-state index in [0.29, 0.717) is 43.9 Å². The standard InChI is InChI=1S/C27H39N5O4/c1-21-28-15-18-32(21)20-25(33)29(2)16-10-8-13-23-27(35)30(3)17-9-5-11-19-36-24-14-7-6-12-22(24)26(34)31(23)4/h6-7,12,14-15,18,23H,5,8-11,13,16-17,19-20H2,1-4H3/t23-/m0/s1. The van der Waals surface area contributed by atoms with E-state index in [0.717, 1.165) is 31.5 Å². The predicted octanol–water partition coefficient (Wildman–Crippen LogP) is 2.98. The van der Waals surface area contributed by atoms with Crippen molar-refractivity contribution in [3.05, 3.63) is 48.0 Å². The molecule has 1 aliphatic rings. The molecule has 9 nitrogen and oxygen atoms in total. The molecule has 2 heterocycles. The van der Waals surface area contributed by atoms with Crippen molar-refractivity contribution >= 4 is 17.7 Å². The zero-order valence-electron chi connectivity index (χ0n) is 22.0. The topological polar surface area (TPSA) is 88.0 Å². The van der Waals surface area contributed by atoms with Crippen LogP contribution in [0.25, 0.3) is 0 Å². The van der Waals surface area contributed by atoms with Gasteiger partial charge in [-0.15, -0.1) is 0 Å². The summed E-state index contributed by atoms with van der Waals surface area (Å²) in [6.45, 7) is 3.90.